The van der Waals surface area contributed by atoms with Crippen LogP contribution in [0.25, 0.3) is 0 Å². The number of nitrogens with one attached hydrogen (secondary N) is 1. The molecule has 3 heterocycles. The summed E-state index contributed by atoms with van der Waals surface area (Å²) in [4.78, 5) is 13.9. The number of imidazole rings is 1. The molecule has 8 nitrogen and oxygen atoms in total. The molecule has 2 aromatic heterocycles. The van der Waals surface area contributed by atoms with Gasteiger partial charge in [0.2, 0.25) is 15.9 Å². The van der Waals surface area contributed by atoms with E-state index in [2.05, 4.69) is 26.8 Å². The average Bonchev–Trinajstić information content (AvgIpc) is 3.16. The largest absolute Gasteiger partial charge is 0.478 e. The first-order valence-corrected chi connectivity index (χ1v) is 9.82. The van der Waals surface area contributed by atoms with Gasteiger partial charge in [0.15, 0.2) is 0 Å². The lowest BCUT2D eigenvalue weighted by Crippen LogP contribution is -2.50. The summed E-state index contributed by atoms with van der Waals surface area (Å²) in [6.45, 7) is 6.71. The fourth-order valence-corrected chi connectivity index (χ4v) is 4.40. The van der Waals surface area contributed by atoms with Crippen LogP contribution in [-0.2, 0) is 10.0 Å². The highest BCUT2D eigenvalue weighted by molar-refractivity contribution is 7.89. The molecule has 1 aliphatic rings. The quantitative estimate of drug-likeness (QED) is 0.829. The van der Waals surface area contributed by atoms with Crippen LogP contribution in [0.1, 0.15) is 25.7 Å². The Balaban J connectivity index is 1.82. The smallest absolute Gasteiger partial charge is 0.244 e. The Kier molecular flexibility index (Phi) is 5.36. The maximum atomic E-state index is 13.0. The summed E-state index contributed by atoms with van der Waals surface area (Å²) >= 11 is 0. The number of sulfonamides is 1. The van der Waals surface area contributed by atoms with Crippen LogP contribution in [0.3, 0.4) is 0 Å². The van der Waals surface area contributed by atoms with Crippen molar-refractivity contribution >= 4 is 10.0 Å². The highest BCUT2D eigenvalue weighted by Gasteiger charge is 2.35. The van der Waals surface area contributed by atoms with Crippen LogP contribution in [0.2, 0.25) is 0 Å². The third-order valence-corrected chi connectivity index (χ3v) is 6.18. The van der Waals surface area contributed by atoms with E-state index in [4.69, 9.17) is 4.74 Å². The zero-order valence-corrected chi connectivity index (χ0v) is 15.2. The molecule has 1 saturated heterocycles. The van der Waals surface area contributed by atoms with Crippen molar-refractivity contribution in [1.29, 1.82) is 0 Å². The second-order valence-corrected chi connectivity index (χ2v) is 7.68. The van der Waals surface area contributed by atoms with E-state index in [1.165, 1.54) is 10.5 Å². The van der Waals surface area contributed by atoms with Crippen LogP contribution in [0.15, 0.2) is 35.6 Å². The number of aromatic nitrogens is 3. The number of piperazine rings is 1. The molecule has 0 aliphatic carbocycles. The highest BCUT2D eigenvalue weighted by atomic mass is 32.2. The van der Waals surface area contributed by atoms with E-state index in [0.29, 0.717) is 32.1 Å². The van der Waals surface area contributed by atoms with E-state index in [1.54, 1.807) is 24.5 Å². The van der Waals surface area contributed by atoms with Crippen molar-refractivity contribution < 1.29 is 13.2 Å². The Morgan fingerprint density at radius 3 is 2.72 bits per heavy atom. The molecule has 1 N–H and O–H groups in total. The van der Waals surface area contributed by atoms with Gasteiger partial charge in [-0.3, -0.25) is 4.90 Å². The minimum atomic E-state index is -3.60. The number of ether oxygens (including phenoxy) is 1. The molecule has 0 spiro atoms. The Bertz CT molecular complexity index is 777. The Hall–Kier alpha value is -1.97. The van der Waals surface area contributed by atoms with Crippen LogP contribution >= 0.6 is 0 Å². The molecule has 0 saturated carbocycles. The minimum Gasteiger partial charge on any atom is -0.478 e. The number of nitrogens with zero attached hydrogens (tertiary/aromatic N) is 4. The standard InChI is InChI=1S/C16H23N5O3S/c1-3-20-9-10-21(12-14(20)16-17-7-8-18-16)25(22,23)13-5-6-15(19-11-13)24-4-2/h5-8,11,14H,3-4,9-10,12H2,1-2H3,(H,17,18)/t14-/m1/s1. The van der Waals surface area contributed by atoms with E-state index in [9.17, 15) is 8.42 Å². The van der Waals surface area contributed by atoms with E-state index in [1.807, 2.05) is 6.92 Å². The van der Waals surface area contributed by atoms with Gasteiger partial charge in [0.25, 0.3) is 0 Å². The molecule has 0 amide bonds. The van der Waals surface area contributed by atoms with Gasteiger partial charge in [-0.05, 0) is 19.5 Å². The summed E-state index contributed by atoms with van der Waals surface area (Å²) in [6, 6.07) is 3.04. The maximum Gasteiger partial charge on any atom is 0.244 e. The van der Waals surface area contributed by atoms with Gasteiger partial charge in [-0.15, -0.1) is 0 Å². The zero-order valence-electron chi connectivity index (χ0n) is 14.4. The fraction of sp³-hybridized carbons (Fsp3) is 0.500. The van der Waals surface area contributed by atoms with Gasteiger partial charge in [-0.25, -0.2) is 18.4 Å². The van der Waals surface area contributed by atoms with Crippen LogP contribution in [0.5, 0.6) is 5.88 Å². The van der Waals surface area contributed by atoms with Crippen LogP contribution in [0, 0.1) is 0 Å². The number of H-pyrrole nitrogens is 1. The SMILES string of the molecule is CCOc1ccc(S(=O)(=O)N2CCN(CC)[C@@H](c3ncc[nH]3)C2)cn1. The summed E-state index contributed by atoms with van der Waals surface area (Å²) in [6.07, 6.45) is 4.80. The topological polar surface area (TPSA) is 91.4 Å². The summed E-state index contributed by atoms with van der Waals surface area (Å²) in [5.74, 6) is 1.21. The fourth-order valence-electron chi connectivity index (χ4n) is 3.01. The van der Waals surface area contributed by atoms with Crippen molar-refractivity contribution in [2.75, 3.05) is 32.8 Å². The Morgan fingerprint density at radius 2 is 2.12 bits per heavy atom. The van der Waals surface area contributed by atoms with E-state index in [0.717, 1.165) is 12.4 Å². The van der Waals surface area contributed by atoms with E-state index < -0.39 is 10.0 Å². The van der Waals surface area contributed by atoms with Gasteiger partial charge in [-0.1, -0.05) is 6.92 Å². The van der Waals surface area contributed by atoms with Crippen LogP contribution in [-0.4, -0.2) is 65.4 Å². The lowest BCUT2D eigenvalue weighted by molar-refractivity contribution is 0.119. The maximum absolute atomic E-state index is 13.0. The first kappa shape index (κ1) is 17.8. The molecule has 0 aromatic carbocycles. The zero-order chi connectivity index (χ0) is 17.9. The Labute approximate surface area is 147 Å². The lowest BCUT2D eigenvalue weighted by atomic mass is 10.2. The third kappa shape index (κ3) is 3.68. The molecular weight excluding hydrogens is 342 g/mol. The van der Waals surface area contributed by atoms with Gasteiger partial charge in [0.05, 0.1) is 18.8 Å². The second kappa shape index (κ2) is 7.51. The number of rotatable bonds is 6. The van der Waals surface area contributed by atoms with Gasteiger partial charge in [0.1, 0.15) is 10.7 Å². The molecule has 136 valence electrons. The minimum absolute atomic E-state index is 0.0841. The lowest BCUT2D eigenvalue weighted by Gasteiger charge is -2.39. The van der Waals surface area contributed by atoms with Crippen LogP contribution in [0.4, 0.5) is 0 Å². The number of aromatic amines is 1. The third-order valence-electron chi connectivity index (χ3n) is 4.33. The molecular formula is C16H23N5O3S. The molecule has 1 aliphatic heterocycles. The number of pyridine rings is 1. The average molecular weight is 365 g/mol. The van der Waals surface area contributed by atoms with Crippen molar-refractivity contribution in [3.05, 3.63) is 36.5 Å². The monoisotopic (exact) mass is 365 g/mol. The normalized spacial score (nSPS) is 19.8. The Morgan fingerprint density at radius 1 is 1.28 bits per heavy atom. The number of hydrogen-bond acceptors (Lipinski definition) is 6. The summed E-state index contributed by atoms with van der Waals surface area (Å²) in [7, 11) is -3.60. The molecule has 9 heteroatoms. The first-order valence-electron chi connectivity index (χ1n) is 8.38. The molecule has 0 unspecified atom stereocenters. The first-order chi connectivity index (χ1) is 12.1. The summed E-state index contributed by atoms with van der Waals surface area (Å²) < 4.78 is 32.7. The molecule has 1 atom stereocenters. The van der Waals surface area contributed by atoms with Crippen molar-refractivity contribution in [1.82, 2.24) is 24.2 Å². The summed E-state index contributed by atoms with van der Waals surface area (Å²) in [5.41, 5.74) is 0. The van der Waals surface area contributed by atoms with Crippen molar-refractivity contribution in [3.8, 4) is 5.88 Å². The molecule has 0 radical (unpaired) electrons. The predicted octanol–water partition coefficient (Wildman–Crippen LogP) is 1.27. The van der Waals surface area contributed by atoms with Gasteiger partial charge >= 0.3 is 0 Å². The van der Waals surface area contributed by atoms with Crippen molar-refractivity contribution in [2.45, 2.75) is 24.8 Å². The molecule has 2 aromatic rings. The van der Waals surface area contributed by atoms with E-state index >= 15 is 0 Å². The number of likely N-dealkylation sites (N-methyl/N-ethyl adjacent to an activating group) is 1. The number of hydrogen-bond donors (Lipinski definition) is 1. The molecule has 0 bridgehead atoms. The second-order valence-electron chi connectivity index (χ2n) is 5.75. The van der Waals surface area contributed by atoms with Gasteiger partial charge in [0, 0.05) is 38.1 Å². The molecule has 1 fully saturated rings. The van der Waals surface area contributed by atoms with Crippen molar-refractivity contribution in [2.24, 2.45) is 0 Å². The molecule has 25 heavy (non-hydrogen) atoms. The van der Waals surface area contributed by atoms with E-state index in [-0.39, 0.29) is 10.9 Å². The molecule has 3 rings (SSSR count). The van der Waals surface area contributed by atoms with Crippen LogP contribution < -0.4 is 4.74 Å². The highest BCUT2D eigenvalue weighted by Crippen LogP contribution is 2.27. The van der Waals surface area contributed by atoms with Crippen molar-refractivity contribution in [3.63, 3.8) is 0 Å². The van der Waals surface area contributed by atoms with Gasteiger partial charge in [-0.2, -0.15) is 4.31 Å². The van der Waals surface area contributed by atoms with Gasteiger partial charge < -0.3 is 9.72 Å². The predicted molar refractivity (Wildman–Crippen MR) is 92.7 cm³/mol. The summed E-state index contributed by atoms with van der Waals surface area (Å²) in [5, 5.41) is 0.